The summed E-state index contributed by atoms with van der Waals surface area (Å²) in [6, 6.07) is 16.0. The Balaban J connectivity index is 2.07. The Labute approximate surface area is 130 Å². The van der Waals surface area contributed by atoms with Crippen LogP contribution in [0.2, 0.25) is 0 Å². The zero-order valence-electron chi connectivity index (χ0n) is 12.4. The average molecular weight is 296 g/mol. The fourth-order valence-corrected chi connectivity index (χ4v) is 3.07. The number of amides is 1. The molecule has 0 bridgehead atoms. The van der Waals surface area contributed by atoms with Crippen molar-refractivity contribution >= 4 is 6.09 Å². The van der Waals surface area contributed by atoms with Gasteiger partial charge in [0.15, 0.2) is 0 Å². The SMILES string of the molecule is NC(=O)Oc1c(-c2ccccc2)cccc1C1CCNCC1. The van der Waals surface area contributed by atoms with Crippen LogP contribution in [0.4, 0.5) is 4.79 Å². The van der Waals surface area contributed by atoms with E-state index in [0.29, 0.717) is 11.7 Å². The molecule has 0 radical (unpaired) electrons. The zero-order valence-corrected chi connectivity index (χ0v) is 12.4. The van der Waals surface area contributed by atoms with Crippen LogP contribution < -0.4 is 15.8 Å². The van der Waals surface area contributed by atoms with Crippen LogP contribution in [-0.4, -0.2) is 19.2 Å². The van der Waals surface area contributed by atoms with Crippen LogP contribution in [0.5, 0.6) is 5.75 Å². The van der Waals surface area contributed by atoms with Crippen molar-refractivity contribution in [2.75, 3.05) is 13.1 Å². The van der Waals surface area contributed by atoms with E-state index < -0.39 is 6.09 Å². The standard InChI is InChI=1S/C18H20N2O2/c19-18(21)22-17-15(13-5-2-1-3-6-13)7-4-8-16(17)14-9-11-20-12-10-14/h1-8,14,20H,9-12H2,(H2,19,21). The number of carbonyl (C=O) groups excluding carboxylic acids is 1. The first kappa shape index (κ1) is 14.6. The summed E-state index contributed by atoms with van der Waals surface area (Å²) in [6.45, 7) is 1.96. The van der Waals surface area contributed by atoms with E-state index in [4.69, 9.17) is 10.5 Å². The van der Waals surface area contributed by atoms with Crippen molar-refractivity contribution in [2.45, 2.75) is 18.8 Å². The van der Waals surface area contributed by atoms with Crippen LogP contribution in [0.1, 0.15) is 24.3 Å². The maximum atomic E-state index is 11.4. The molecule has 3 rings (SSSR count). The second-order valence-corrected chi connectivity index (χ2v) is 5.54. The quantitative estimate of drug-likeness (QED) is 0.913. The van der Waals surface area contributed by atoms with E-state index in [1.807, 2.05) is 48.5 Å². The van der Waals surface area contributed by atoms with E-state index in [2.05, 4.69) is 5.32 Å². The molecule has 4 nitrogen and oxygen atoms in total. The Kier molecular flexibility index (Phi) is 4.39. The van der Waals surface area contributed by atoms with E-state index >= 15 is 0 Å². The molecule has 1 amide bonds. The summed E-state index contributed by atoms with van der Waals surface area (Å²) in [6.07, 6.45) is 1.30. The number of para-hydroxylation sites is 1. The molecule has 2 aromatic carbocycles. The molecule has 1 saturated heterocycles. The Morgan fingerprint density at radius 2 is 1.77 bits per heavy atom. The van der Waals surface area contributed by atoms with Crippen molar-refractivity contribution in [3.05, 3.63) is 54.1 Å². The van der Waals surface area contributed by atoms with Gasteiger partial charge in [-0.05, 0) is 43.0 Å². The van der Waals surface area contributed by atoms with E-state index in [1.54, 1.807) is 0 Å². The minimum absolute atomic E-state index is 0.388. The number of rotatable bonds is 3. The average Bonchev–Trinajstić information content (AvgIpc) is 2.56. The van der Waals surface area contributed by atoms with Crippen molar-refractivity contribution in [3.63, 3.8) is 0 Å². The van der Waals surface area contributed by atoms with Crippen molar-refractivity contribution in [1.82, 2.24) is 5.32 Å². The van der Waals surface area contributed by atoms with Gasteiger partial charge in [0, 0.05) is 5.56 Å². The zero-order chi connectivity index (χ0) is 15.4. The van der Waals surface area contributed by atoms with Crippen molar-refractivity contribution in [3.8, 4) is 16.9 Å². The van der Waals surface area contributed by atoms with Gasteiger partial charge in [-0.15, -0.1) is 0 Å². The summed E-state index contributed by atoms with van der Waals surface area (Å²) in [5, 5.41) is 3.36. The molecular weight excluding hydrogens is 276 g/mol. The number of carbonyl (C=O) groups is 1. The normalized spacial score (nSPS) is 15.5. The summed E-state index contributed by atoms with van der Waals surface area (Å²) in [5.41, 5.74) is 8.30. The second kappa shape index (κ2) is 6.62. The first-order chi connectivity index (χ1) is 10.8. The van der Waals surface area contributed by atoms with E-state index in [0.717, 1.165) is 42.6 Å². The minimum Gasteiger partial charge on any atom is -0.410 e. The minimum atomic E-state index is -0.765. The Bertz CT molecular complexity index is 649. The number of nitrogens with two attached hydrogens (primary N) is 1. The highest BCUT2D eigenvalue weighted by atomic mass is 16.5. The molecular formula is C18H20N2O2. The third-order valence-corrected chi connectivity index (χ3v) is 4.11. The number of ether oxygens (including phenoxy) is 1. The molecule has 4 heteroatoms. The molecule has 1 heterocycles. The molecule has 1 aliphatic rings. The van der Waals surface area contributed by atoms with Gasteiger partial charge in [0.25, 0.3) is 0 Å². The third kappa shape index (κ3) is 3.12. The molecule has 0 aromatic heterocycles. The highest BCUT2D eigenvalue weighted by Crippen LogP contribution is 2.39. The summed E-state index contributed by atoms with van der Waals surface area (Å²) >= 11 is 0. The number of benzene rings is 2. The maximum Gasteiger partial charge on any atom is 0.409 e. The summed E-state index contributed by atoms with van der Waals surface area (Å²) in [5.74, 6) is 0.993. The molecule has 0 aliphatic carbocycles. The van der Waals surface area contributed by atoms with E-state index in [1.165, 1.54) is 0 Å². The topological polar surface area (TPSA) is 64.4 Å². The highest BCUT2D eigenvalue weighted by Gasteiger charge is 2.22. The fraction of sp³-hybridized carbons (Fsp3) is 0.278. The van der Waals surface area contributed by atoms with E-state index in [9.17, 15) is 4.79 Å². The third-order valence-electron chi connectivity index (χ3n) is 4.11. The van der Waals surface area contributed by atoms with Gasteiger partial charge in [0.05, 0.1) is 0 Å². The fourth-order valence-electron chi connectivity index (χ4n) is 3.07. The van der Waals surface area contributed by atoms with Crippen LogP contribution in [-0.2, 0) is 0 Å². The molecule has 0 saturated carbocycles. The molecule has 114 valence electrons. The molecule has 0 spiro atoms. The monoisotopic (exact) mass is 296 g/mol. The van der Waals surface area contributed by atoms with Gasteiger partial charge in [-0.2, -0.15) is 0 Å². The van der Waals surface area contributed by atoms with Crippen LogP contribution in [0.3, 0.4) is 0 Å². The van der Waals surface area contributed by atoms with Gasteiger partial charge in [-0.25, -0.2) is 4.79 Å². The lowest BCUT2D eigenvalue weighted by Crippen LogP contribution is -2.27. The van der Waals surface area contributed by atoms with E-state index in [-0.39, 0.29) is 0 Å². The summed E-state index contributed by atoms with van der Waals surface area (Å²) in [7, 11) is 0. The molecule has 0 atom stereocenters. The number of hydrogen-bond donors (Lipinski definition) is 2. The van der Waals surface area contributed by atoms with Crippen LogP contribution in [0.25, 0.3) is 11.1 Å². The predicted molar refractivity (Wildman–Crippen MR) is 86.9 cm³/mol. The first-order valence-corrected chi connectivity index (χ1v) is 7.62. The summed E-state index contributed by atoms with van der Waals surface area (Å²) < 4.78 is 5.40. The Morgan fingerprint density at radius 3 is 2.45 bits per heavy atom. The number of primary amides is 1. The molecule has 22 heavy (non-hydrogen) atoms. The van der Waals surface area contributed by atoms with Crippen molar-refractivity contribution in [1.29, 1.82) is 0 Å². The molecule has 2 aromatic rings. The lowest BCUT2D eigenvalue weighted by atomic mass is 9.87. The largest absolute Gasteiger partial charge is 0.410 e. The Hall–Kier alpha value is -2.33. The number of nitrogens with one attached hydrogen (secondary N) is 1. The van der Waals surface area contributed by atoms with Crippen molar-refractivity contribution in [2.24, 2.45) is 5.73 Å². The van der Waals surface area contributed by atoms with Gasteiger partial charge >= 0.3 is 6.09 Å². The van der Waals surface area contributed by atoms with Crippen LogP contribution >= 0.6 is 0 Å². The molecule has 1 aliphatic heterocycles. The van der Waals surface area contributed by atoms with Gasteiger partial charge in [0.2, 0.25) is 0 Å². The van der Waals surface area contributed by atoms with Crippen LogP contribution in [0.15, 0.2) is 48.5 Å². The van der Waals surface area contributed by atoms with Gasteiger partial charge in [0.1, 0.15) is 5.75 Å². The lowest BCUT2D eigenvalue weighted by molar-refractivity contribution is 0.210. The van der Waals surface area contributed by atoms with Crippen LogP contribution in [0, 0.1) is 0 Å². The molecule has 3 N–H and O–H groups in total. The summed E-state index contributed by atoms with van der Waals surface area (Å²) in [4.78, 5) is 11.4. The van der Waals surface area contributed by atoms with Crippen molar-refractivity contribution < 1.29 is 9.53 Å². The van der Waals surface area contributed by atoms with Gasteiger partial charge < -0.3 is 15.8 Å². The highest BCUT2D eigenvalue weighted by molar-refractivity contribution is 5.78. The number of hydrogen-bond acceptors (Lipinski definition) is 3. The second-order valence-electron chi connectivity index (χ2n) is 5.54. The maximum absolute atomic E-state index is 11.4. The first-order valence-electron chi connectivity index (χ1n) is 7.62. The number of piperidine rings is 1. The molecule has 1 fully saturated rings. The van der Waals surface area contributed by atoms with Gasteiger partial charge in [-0.3, -0.25) is 0 Å². The smallest absolute Gasteiger partial charge is 0.409 e. The Morgan fingerprint density at radius 1 is 1.05 bits per heavy atom. The van der Waals surface area contributed by atoms with Gasteiger partial charge in [-0.1, -0.05) is 48.5 Å². The molecule has 0 unspecified atom stereocenters. The lowest BCUT2D eigenvalue weighted by Gasteiger charge is -2.25. The predicted octanol–water partition coefficient (Wildman–Crippen LogP) is 3.28.